The van der Waals surface area contributed by atoms with E-state index in [9.17, 15) is 4.79 Å². The van der Waals surface area contributed by atoms with E-state index in [-0.39, 0.29) is 35.8 Å². The SMILES string of the molecule is CCNC(=NCCCc1nc(C(C)C)no1)N1CCN(C(=O)c2ccco2)CC1.I. The van der Waals surface area contributed by atoms with Gasteiger partial charge in [-0.3, -0.25) is 9.79 Å². The van der Waals surface area contributed by atoms with Crippen molar-refractivity contribution in [1.29, 1.82) is 0 Å². The zero-order chi connectivity index (χ0) is 20.6. The highest BCUT2D eigenvalue weighted by Gasteiger charge is 2.25. The van der Waals surface area contributed by atoms with E-state index in [2.05, 4.69) is 27.3 Å². The molecule has 1 fully saturated rings. The minimum absolute atomic E-state index is 0. The van der Waals surface area contributed by atoms with Crippen molar-refractivity contribution in [2.75, 3.05) is 39.3 Å². The van der Waals surface area contributed by atoms with Crippen LogP contribution in [0.3, 0.4) is 0 Å². The van der Waals surface area contributed by atoms with Crippen LogP contribution in [0.25, 0.3) is 0 Å². The van der Waals surface area contributed by atoms with Gasteiger partial charge in [0.25, 0.3) is 5.91 Å². The fourth-order valence-electron chi connectivity index (χ4n) is 3.12. The van der Waals surface area contributed by atoms with Gasteiger partial charge in [-0.05, 0) is 25.5 Å². The largest absolute Gasteiger partial charge is 0.459 e. The van der Waals surface area contributed by atoms with Crippen molar-refractivity contribution in [3.05, 3.63) is 35.9 Å². The number of aromatic nitrogens is 2. The van der Waals surface area contributed by atoms with Crippen LogP contribution in [0, 0.1) is 0 Å². The summed E-state index contributed by atoms with van der Waals surface area (Å²) in [5, 5.41) is 7.33. The second-order valence-corrected chi connectivity index (χ2v) is 7.30. The Morgan fingerprint density at radius 3 is 2.60 bits per heavy atom. The molecule has 1 N–H and O–H groups in total. The molecule has 0 bridgehead atoms. The van der Waals surface area contributed by atoms with Crippen LogP contribution in [-0.4, -0.2) is 71.1 Å². The fraction of sp³-hybridized carbons (Fsp3) is 0.600. The maximum absolute atomic E-state index is 12.4. The van der Waals surface area contributed by atoms with Gasteiger partial charge in [0.1, 0.15) is 0 Å². The van der Waals surface area contributed by atoms with Crippen molar-refractivity contribution >= 4 is 35.8 Å². The minimum Gasteiger partial charge on any atom is -0.459 e. The lowest BCUT2D eigenvalue weighted by Gasteiger charge is -2.36. The van der Waals surface area contributed by atoms with Gasteiger partial charge in [-0.2, -0.15) is 4.98 Å². The monoisotopic (exact) mass is 530 g/mol. The molecular formula is C20H31IN6O3. The average molecular weight is 530 g/mol. The standard InChI is InChI=1S/C20H30N6O3.HI/c1-4-21-20(22-9-5-8-17-23-18(15(2)3)24-29-17)26-12-10-25(11-13-26)19(27)16-7-6-14-28-16;/h6-7,14-15H,4-5,8-13H2,1-3H3,(H,21,22);1H. The Kier molecular flexibility index (Phi) is 9.60. The van der Waals surface area contributed by atoms with Gasteiger partial charge in [-0.1, -0.05) is 19.0 Å². The van der Waals surface area contributed by atoms with Crippen LogP contribution in [0.15, 0.2) is 32.3 Å². The number of halogens is 1. The number of guanidine groups is 1. The molecule has 1 amide bonds. The number of rotatable bonds is 7. The summed E-state index contributed by atoms with van der Waals surface area (Å²) in [5.41, 5.74) is 0. The van der Waals surface area contributed by atoms with Gasteiger partial charge in [0.15, 0.2) is 17.5 Å². The van der Waals surface area contributed by atoms with Gasteiger partial charge >= 0.3 is 0 Å². The number of amides is 1. The Labute approximate surface area is 194 Å². The summed E-state index contributed by atoms with van der Waals surface area (Å²) in [6.07, 6.45) is 3.08. The van der Waals surface area contributed by atoms with Gasteiger partial charge in [0, 0.05) is 51.6 Å². The van der Waals surface area contributed by atoms with Crippen LogP contribution < -0.4 is 5.32 Å². The van der Waals surface area contributed by atoms with Crippen LogP contribution in [0.1, 0.15) is 55.4 Å². The first-order valence-corrected chi connectivity index (χ1v) is 10.3. The van der Waals surface area contributed by atoms with E-state index in [1.807, 2.05) is 18.7 Å². The van der Waals surface area contributed by atoms with Gasteiger partial charge in [-0.15, -0.1) is 24.0 Å². The van der Waals surface area contributed by atoms with E-state index in [0.29, 0.717) is 37.7 Å². The number of hydrogen-bond acceptors (Lipinski definition) is 6. The van der Waals surface area contributed by atoms with Crippen molar-refractivity contribution in [1.82, 2.24) is 25.3 Å². The Bertz CT molecular complexity index is 797. The van der Waals surface area contributed by atoms with E-state index in [1.165, 1.54) is 6.26 Å². The quantitative estimate of drug-likeness (QED) is 0.254. The number of aryl methyl sites for hydroxylation is 1. The molecule has 2 aromatic heterocycles. The summed E-state index contributed by atoms with van der Waals surface area (Å²) in [6.45, 7) is 10.4. The lowest BCUT2D eigenvalue weighted by molar-refractivity contribution is 0.0657. The third-order valence-electron chi connectivity index (χ3n) is 4.74. The zero-order valence-corrected chi connectivity index (χ0v) is 20.2. The third-order valence-corrected chi connectivity index (χ3v) is 4.74. The van der Waals surface area contributed by atoms with Crippen molar-refractivity contribution < 1.29 is 13.7 Å². The summed E-state index contributed by atoms with van der Waals surface area (Å²) < 4.78 is 10.5. The molecule has 0 aliphatic carbocycles. The summed E-state index contributed by atoms with van der Waals surface area (Å²) >= 11 is 0. The molecule has 0 unspecified atom stereocenters. The summed E-state index contributed by atoms with van der Waals surface area (Å²) in [4.78, 5) is 25.5. The molecule has 0 spiro atoms. The predicted molar refractivity (Wildman–Crippen MR) is 124 cm³/mol. The molecule has 2 aromatic rings. The first-order valence-electron chi connectivity index (χ1n) is 10.3. The Balaban J connectivity index is 0.00000320. The molecule has 1 aliphatic rings. The van der Waals surface area contributed by atoms with Gasteiger partial charge in [0.2, 0.25) is 5.89 Å². The van der Waals surface area contributed by atoms with E-state index in [0.717, 1.165) is 37.8 Å². The van der Waals surface area contributed by atoms with Gasteiger partial charge in [0.05, 0.1) is 6.26 Å². The number of furan rings is 1. The molecule has 0 radical (unpaired) electrons. The maximum Gasteiger partial charge on any atom is 0.289 e. The first-order chi connectivity index (χ1) is 14.1. The molecule has 10 heteroatoms. The van der Waals surface area contributed by atoms with Crippen LogP contribution in [0.5, 0.6) is 0 Å². The normalized spacial score (nSPS) is 14.7. The summed E-state index contributed by atoms with van der Waals surface area (Å²) in [6, 6.07) is 3.44. The average Bonchev–Trinajstić information content (AvgIpc) is 3.42. The Hall–Kier alpha value is -2.11. The third kappa shape index (κ3) is 6.44. The summed E-state index contributed by atoms with van der Waals surface area (Å²) in [5.74, 6) is 2.89. The smallest absolute Gasteiger partial charge is 0.289 e. The molecule has 0 saturated carbocycles. The minimum atomic E-state index is -0.0584. The zero-order valence-electron chi connectivity index (χ0n) is 17.8. The number of hydrogen-bond donors (Lipinski definition) is 1. The lowest BCUT2D eigenvalue weighted by Crippen LogP contribution is -2.53. The lowest BCUT2D eigenvalue weighted by atomic mass is 10.2. The van der Waals surface area contributed by atoms with E-state index < -0.39 is 0 Å². The molecule has 9 nitrogen and oxygen atoms in total. The second kappa shape index (κ2) is 11.9. The van der Waals surface area contributed by atoms with E-state index in [4.69, 9.17) is 13.9 Å². The second-order valence-electron chi connectivity index (χ2n) is 7.30. The number of nitrogens with zero attached hydrogens (tertiary/aromatic N) is 5. The van der Waals surface area contributed by atoms with Crippen molar-refractivity contribution in [2.24, 2.45) is 4.99 Å². The van der Waals surface area contributed by atoms with Crippen molar-refractivity contribution in [3.8, 4) is 0 Å². The Morgan fingerprint density at radius 1 is 1.27 bits per heavy atom. The molecule has 0 aromatic carbocycles. The van der Waals surface area contributed by atoms with Crippen molar-refractivity contribution in [3.63, 3.8) is 0 Å². The summed E-state index contributed by atoms with van der Waals surface area (Å²) in [7, 11) is 0. The highest BCUT2D eigenvalue weighted by atomic mass is 127. The van der Waals surface area contributed by atoms with Crippen LogP contribution in [0.4, 0.5) is 0 Å². The van der Waals surface area contributed by atoms with E-state index >= 15 is 0 Å². The van der Waals surface area contributed by atoms with Gasteiger partial charge in [-0.25, -0.2) is 0 Å². The fourth-order valence-corrected chi connectivity index (χ4v) is 3.12. The topological polar surface area (TPSA) is 100 Å². The molecule has 30 heavy (non-hydrogen) atoms. The van der Waals surface area contributed by atoms with Crippen LogP contribution in [0.2, 0.25) is 0 Å². The molecule has 3 rings (SSSR count). The molecule has 0 atom stereocenters. The molecule has 166 valence electrons. The Morgan fingerprint density at radius 2 is 2.00 bits per heavy atom. The number of carbonyl (C=O) groups excluding carboxylic acids is 1. The molecular weight excluding hydrogens is 499 g/mol. The number of carbonyl (C=O) groups is 1. The van der Waals surface area contributed by atoms with Gasteiger partial charge < -0.3 is 24.1 Å². The number of piperazine rings is 1. The predicted octanol–water partition coefficient (Wildman–Crippen LogP) is 2.76. The van der Waals surface area contributed by atoms with E-state index in [1.54, 1.807) is 12.1 Å². The first kappa shape index (κ1) is 24.2. The highest BCUT2D eigenvalue weighted by molar-refractivity contribution is 14.0. The highest BCUT2D eigenvalue weighted by Crippen LogP contribution is 2.11. The van der Waals surface area contributed by atoms with Crippen molar-refractivity contribution in [2.45, 2.75) is 39.5 Å². The van der Waals surface area contributed by atoms with Crippen LogP contribution >= 0.6 is 24.0 Å². The molecule has 1 saturated heterocycles. The number of nitrogens with one attached hydrogen (secondary N) is 1. The molecule has 1 aliphatic heterocycles. The maximum atomic E-state index is 12.4. The number of aliphatic imine (C=N–C) groups is 1. The molecule has 3 heterocycles. The van der Waals surface area contributed by atoms with Crippen LogP contribution in [-0.2, 0) is 6.42 Å².